The van der Waals surface area contributed by atoms with Gasteiger partial charge in [-0.2, -0.15) is 0 Å². The molecule has 0 radical (unpaired) electrons. The highest BCUT2D eigenvalue weighted by Gasteiger charge is 2.01. The van der Waals surface area contributed by atoms with Crippen molar-refractivity contribution in [1.29, 1.82) is 0 Å². The highest BCUT2D eigenvalue weighted by atomic mass is 14.8. The van der Waals surface area contributed by atoms with E-state index in [0.717, 1.165) is 12.8 Å². The lowest BCUT2D eigenvalue weighted by molar-refractivity contribution is 1.02. The van der Waals surface area contributed by atoms with E-state index < -0.39 is 0 Å². The summed E-state index contributed by atoms with van der Waals surface area (Å²) in [5.74, 6) is 0.687. The summed E-state index contributed by atoms with van der Waals surface area (Å²) in [6, 6.07) is 2.04. The number of aryl methyl sites for hydroxylation is 1. The monoisotopic (exact) mass is 176 g/mol. The lowest BCUT2D eigenvalue weighted by atomic mass is 10.1. The SMILES string of the molecule is C#C.CCc1ccnc(N)c1CC. The van der Waals surface area contributed by atoms with E-state index >= 15 is 0 Å². The van der Waals surface area contributed by atoms with Gasteiger partial charge in [-0.15, -0.1) is 12.8 Å². The molecular weight excluding hydrogens is 160 g/mol. The minimum absolute atomic E-state index is 0.687. The summed E-state index contributed by atoms with van der Waals surface area (Å²) in [5.41, 5.74) is 8.22. The molecule has 70 valence electrons. The highest BCUT2D eigenvalue weighted by Crippen LogP contribution is 2.14. The van der Waals surface area contributed by atoms with Gasteiger partial charge in [0.1, 0.15) is 5.82 Å². The molecule has 0 aromatic carbocycles. The zero-order valence-electron chi connectivity index (χ0n) is 8.25. The van der Waals surface area contributed by atoms with Gasteiger partial charge in [0, 0.05) is 6.20 Å². The Morgan fingerprint density at radius 3 is 2.31 bits per heavy atom. The summed E-state index contributed by atoms with van der Waals surface area (Å²) in [4.78, 5) is 4.04. The van der Waals surface area contributed by atoms with Gasteiger partial charge in [0.05, 0.1) is 0 Å². The molecule has 0 unspecified atom stereocenters. The van der Waals surface area contributed by atoms with Gasteiger partial charge in [-0.05, 0) is 30.0 Å². The number of nitrogen functional groups attached to an aromatic ring is 1. The Balaban J connectivity index is 0.000000671. The fraction of sp³-hybridized carbons (Fsp3) is 0.364. The van der Waals surface area contributed by atoms with Crippen LogP contribution in [-0.4, -0.2) is 4.98 Å². The standard InChI is InChI=1S/C9H14N2.C2H2/c1-3-7-5-6-11-9(10)8(7)4-2;1-2/h5-6H,3-4H2,1-2H3,(H2,10,11);1-2H. The molecule has 1 aromatic rings. The van der Waals surface area contributed by atoms with Crippen molar-refractivity contribution in [2.45, 2.75) is 26.7 Å². The average Bonchev–Trinajstić information content (AvgIpc) is 2.20. The van der Waals surface area contributed by atoms with Gasteiger partial charge in [0.15, 0.2) is 0 Å². The predicted octanol–water partition coefficient (Wildman–Crippen LogP) is 2.04. The molecule has 13 heavy (non-hydrogen) atoms. The van der Waals surface area contributed by atoms with Crippen molar-refractivity contribution >= 4 is 5.82 Å². The van der Waals surface area contributed by atoms with E-state index in [-0.39, 0.29) is 0 Å². The van der Waals surface area contributed by atoms with Crippen LogP contribution in [0.5, 0.6) is 0 Å². The number of rotatable bonds is 2. The van der Waals surface area contributed by atoms with Gasteiger partial charge >= 0.3 is 0 Å². The Hall–Kier alpha value is -1.49. The fourth-order valence-corrected chi connectivity index (χ4v) is 1.29. The van der Waals surface area contributed by atoms with Crippen molar-refractivity contribution < 1.29 is 0 Å². The van der Waals surface area contributed by atoms with Crippen LogP contribution in [0, 0.1) is 12.8 Å². The summed E-state index contributed by atoms with van der Waals surface area (Å²) >= 11 is 0. The number of terminal acetylenes is 1. The Morgan fingerprint density at radius 2 is 1.92 bits per heavy atom. The summed E-state index contributed by atoms with van der Waals surface area (Å²) in [7, 11) is 0. The van der Waals surface area contributed by atoms with Crippen molar-refractivity contribution in [3.05, 3.63) is 23.4 Å². The van der Waals surface area contributed by atoms with Crippen molar-refractivity contribution in [3.63, 3.8) is 0 Å². The Bertz CT molecular complexity index is 277. The predicted molar refractivity (Wildman–Crippen MR) is 57.3 cm³/mol. The molecule has 0 saturated heterocycles. The van der Waals surface area contributed by atoms with Crippen LogP contribution in [0.1, 0.15) is 25.0 Å². The molecular formula is C11H16N2. The van der Waals surface area contributed by atoms with Gasteiger partial charge < -0.3 is 5.73 Å². The fourth-order valence-electron chi connectivity index (χ4n) is 1.29. The van der Waals surface area contributed by atoms with Crippen LogP contribution >= 0.6 is 0 Å². The number of nitrogens with two attached hydrogens (primary N) is 1. The third-order valence-electron chi connectivity index (χ3n) is 1.92. The van der Waals surface area contributed by atoms with Crippen LogP contribution in [0.3, 0.4) is 0 Å². The van der Waals surface area contributed by atoms with Gasteiger partial charge in [0.2, 0.25) is 0 Å². The zero-order chi connectivity index (χ0) is 10.3. The molecule has 0 saturated carbocycles. The third kappa shape index (κ3) is 2.79. The number of hydrogen-bond acceptors (Lipinski definition) is 2. The molecule has 2 heteroatoms. The minimum Gasteiger partial charge on any atom is -0.383 e. The third-order valence-corrected chi connectivity index (χ3v) is 1.92. The van der Waals surface area contributed by atoms with Crippen molar-refractivity contribution in [2.24, 2.45) is 0 Å². The highest BCUT2D eigenvalue weighted by molar-refractivity contribution is 5.44. The van der Waals surface area contributed by atoms with E-state index in [2.05, 4.69) is 31.7 Å². The Labute approximate surface area is 80.2 Å². The molecule has 0 aliphatic heterocycles. The van der Waals surface area contributed by atoms with Crippen molar-refractivity contribution in [1.82, 2.24) is 4.98 Å². The molecule has 0 amide bonds. The Kier molecular flexibility index (Phi) is 5.38. The molecule has 0 bridgehead atoms. The summed E-state index contributed by atoms with van der Waals surface area (Å²) < 4.78 is 0. The zero-order valence-corrected chi connectivity index (χ0v) is 8.25. The lowest BCUT2D eigenvalue weighted by Crippen LogP contribution is -2.00. The number of nitrogens with zero attached hydrogens (tertiary/aromatic N) is 1. The van der Waals surface area contributed by atoms with Crippen LogP contribution in [0.4, 0.5) is 5.82 Å². The molecule has 0 atom stereocenters. The topological polar surface area (TPSA) is 38.9 Å². The second-order valence-electron chi connectivity index (χ2n) is 2.54. The largest absolute Gasteiger partial charge is 0.383 e. The quantitative estimate of drug-likeness (QED) is 0.700. The maximum absolute atomic E-state index is 5.70. The second kappa shape index (κ2) is 6.07. The van der Waals surface area contributed by atoms with E-state index in [1.165, 1.54) is 11.1 Å². The smallest absolute Gasteiger partial charge is 0.126 e. The first-order valence-corrected chi connectivity index (χ1v) is 4.35. The van der Waals surface area contributed by atoms with Crippen molar-refractivity contribution in [3.8, 4) is 12.8 Å². The van der Waals surface area contributed by atoms with Gasteiger partial charge in [-0.1, -0.05) is 13.8 Å². The first kappa shape index (κ1) is 11.5. The van der Waals surface area contributed by atoms with Crippen LogP contribution in [0.25, 0.3) is 0 Å². The van der Waals surface area contributed by atoms with E-state index in [4.69, 9.17) is 5.73 Å². The van der Waals surface area contributed by atoms with Crippen LogP contribution in [0.2, 0.25) is 0 Å². The molecule has 1 rings (SSSR count). The lowest BCUT2D eigenvalue weighted by Gasteiger charge is -2.06. The van der Waals surface area contributed by atoms with Gasteiger partial charge in [0.25, 0.3) is 0 Å². The number of aromatic nitrogens is 1. The maximum atomic E-state index is 5.70. The molecule has 0 spiro atoms. The average molecular weight is 176 g/mol. The van der Waals surface area contributed by atoms with E-state index in [0.29, 0.717) is 5.82 Å². The Morgan fingerprint density at radius 1 is 1.31 bits per heavy atom. The number of hydrogen-bond donors (Lipinski definition) is 1. The van der Waals surface area contributed by atoms with Gasteiger partial charge in [-0.25, -0.2) is 4.98 Å². The van der Waals surface area contributed by atoms with E-state index in [1.54, 1.807) is 6.20 Å². The molecule has 0 fully saturated rings. The summed E-state index contributed by atoms with van der Waals surface area (Å²) in [5, 5.41) is 0. The molecule has 1 aromatic heterocycles. The first-order valence-electron chi connectivity index (χ1n) is 4.35. The van der Waals surface area contributed by atoms with E-state index in [9.17, 15) is 0 Å². The maximum Gasteiger partial charge on any atom is 0.126 e. The molecule has 2 nitrogen and oxygen atoms in total. The second-order valence-corrected chi connectivity index (χ2v) is 2.54. The molecule has 1 heterocycles. The minimum atomic E-state index is 0.687. The van der Waals surface area contributed by atoms with Crippen LogP contribution in [0.15, 0.2) is 12.3 Å². The van der Waals surface area contributed by atoms with Crippen molar-refractivity contribution in [2.75, 3.05) is 5.73 Å². The van der Waals surface area contributed by atoms with E-state index in [1.807, 2.05) is 6.07 Å². The van der Waals surface area contributed by atoms with Gasteiger partial charge in [-0.3, -0.25) is 0 Å². The molecule has 0 aliphatic rings. The number of anilines is 1. The first-order chi connectivity index (χ1) is 6.29. The van der Waals surface area contributed by atoms with Crippen LogP contribution in [-0.2, 0) is 12.8 Å². The molecule has 0 aliphatic carbocycles. The normalized spacial score (nSPS) is 8.62. The molecule has 2 N–H and O–H groups in total. The summed E-state index contributed by atoms with van der Waals surface area (Å²) in [6.07, 6.45) is 11.8. The number of pyridine rings is 1. The van der Waals surface area contributed by atoms with Crippen LogP contribution < -0.4 is 5.73 Å². The summed E-state index contributed by atoms with van der Waals surface area (Å²) in [6.45, 7) is 4.24.